The van der Waals surface area contributed by atoms with Gasteiger partial charge in [0.05, 0.1) is 18.8 Å². The molecule has 1 atom stereocenters. The Balaban J connectivity index is 1.36. The van der Waals surface area contributed by atoms with Crippen LogP contribution in [0.1, 0.15) is 41.3 Å². The Bertz CT molecular complexity index is 1710. The maximum atomic E-state index is 14.7. The highest BCUT2D eigenvalue weighted by atomic mass is 19.1. The Morgan fingerprint density at radius 2 is 1.71 bits per heavy atom. The Labute approximate surface area is 233 Å². The van der Waals surface area contributed by atoms with E-state index in [1.54, 1.807) is 36.4 Å². The van der Waals surface area contributed by atoms with E-state index in [0.717, 1.165) is 22.4 Å². The minimum absolute atomic E-state index is 0.227. The van der Waals surface area contributed by atoms with Crippen LogP contribution in [0.5, 0.6) is 0 Å². The van der Waals surface area contributed by atoms with Crippen LogP contribution in [0.25, 0.3) is 5.69 Å². The fourth-order valence-corrected chi connectivity index (χ4v) is 4.47. The van der Waals surface area contributed by atoms with Crippen LogP contribution in [0, 0.1) is 11.6 Å². The van der Waals surface area contributed by atoms with E-state index in [2.05, 4.69) is 34.3 Å². The molecule has 0 spiro atoms. The van der Waals surface area contributed by atoms with Crippen LogP contribution in [-0.4, -0.2) is 40.1 Å². The van der Waals surface area contributed by atoms with E-state index in [4.69, 9.17) is 0 Å². The van der Waals surface area contributed by atoms with Gasteiger partial charge in [-0.1, -0.05) is 32.0 Å². The summed E-state index contributed by atoms with van der Waals surface area (Å²) < 4.78 is 31.8. The number of hydrogen-bond donors (Lipinski definition) is 2. The molecule has 2 aromatic heterocycles. The summed E-state index contributed by atoms with van der Waals surface area (Å²) in [6, 6.07) is 16.7. The summed E-state index contributed by atoms with van der Waals surface area (Å²) in [7, 11) is 0. The highest BCUT2D eigenvalue weighted by molar-refractivity contribution is 6.04. The monoisotopic (exact) mass is 559 g/mol. The van der Waals surface area contributed by atoms with Crippen LogP contribution >= 0.6 is 0 Å². The predicted molar refractivity (Wildman–Crippen MR) is 147 cm³/mol. The summed E-state index contributed by atoms with van der Waals surface area (Å²) in [5.74, 6) is -1.69. The third-order valence-electron chi connectivity index (χ3n) is 6.71. The average molecular weight is 560 g/mol. The molecule has 12 heteroatoms. The van der Waals surface area contributed by atoms with Crippen molar-refractivity contribution < 1.29 is 18.7 Å². The van der Waals surface area contributed by atoms with Gasteiger partial charge in [-0.2, -0.15) is 10.2 Å². The van der Waals surface area contributed by atoms with Gasteiger partial charge in [0, 0.05) is 22.9 Å². The van der Waals surface area contributed by atoms with Crippen molar-refractivity contribution in [2.24, 2.45) is 0 Å². The number of hydrogen-bond acceptors (Lipinski definition) is 6. The topological polar surface area (TPSA) is 120 Å². The number of nitrogens with one attached hydrogen (secondary N) is 1. The van der Waals surface area contributed by atoms with E-state index in [1.165, 1.54) is 28.2 Å². The summed E-state index contributed by atoms with van der Waals surface area (Å²) in [6.45, 7) is 3.43. The Kier molecular flexibility index (Phi) is 7.58. The summed E-state index contributed by atoms with van der Waals surface area (Å²) in [5, 5.41) is 22.4. The van der Waals surface area contributed by atoms with Crippen molar-refractivity contribution in [3.63, 3.8) is 0 Å². The molecule has 210 valence electrons. The normalized spacial score (nSPS) is 12.8. The van der Waals surface area contributed by atoms with Crippen molar-refractivity contribution in [1.29, 1.82) is 0 Å². The Morgan fingerprint density at radius 1 is 0.976 bits per heavy atom. The number of aromatic nitrogens is 6. The van der Waals surface area contributed by atoms with Crippen molar-refractivity contribution in [1.82, 2.24) is 29.1 Å². The molecule has 0 aliphatic heterocycles. The second kappa shape index (κ2) is 11.3. The third kappa shape index (κ3) is 5.97. The van der Waals surface area contributed by atoms with Crippen molar-refractivity contribution in [2.45, 2.75) is 38.5 Å². The molecule has 2 heterocycles. The molecular weight excluding hydrogens is 532 g/mol. The van der Waals surface area contributed by atoms with Crippen LogP contribution < -0.4 is 11.0 Å². The zero-order chi connectivity index (χ0) is 29.1. The second-order valence-electron chi connectivity index (χ2n) is 9.97. The van der Waals surface area contributed by atoms with E-state index >= 15 is 0 Å². The van der Waals surface area contributed by atoms with Gasteiger partial charge in [-0.05, 0) is 53.9 Å². The lowest BCUT2D eigenvalue weighted by Gasteiger charge is -2.28. The third-order valence-corrected chi connectivity index (χ3v) is 6.71. The van der Waals surface area contributed by atoms with Crippen molar-refractivity contribution >= 4 is 11.6 Å². The standard InChI is InChI=1S/C29H27F2N7O3/c1-19(2)20-3-5-21(6-4-20)27(39)35-23-8-10-24(11-9-23)37-18-34-38(28(37)40)15-29(41,14-36-17-32-16-33-36)25-12-7-22(30)13-26(25)31/h3-13,16-19,41H,14-15H2,1-2H3,(H,35,39). The molecular formula is C29H27F2N7O3. The van der Waals surface area contributed by atoms with Gasteiger partial charge in [0.15, 0.2) is 0 Å². The summed E-state index contributed by atoms with van der Waals surface area (Å²) in [5.41, 5.74) is -0.213. The van der Waals surface area contributed by atoms with Crippen LogP contribution in [0.2, 0.25) is 0 Å². The van der Waals surface area contributed by atoms with Gasteiger partial charge in [-0.3, -0.25) is 4.79 Å². The van der Waals surface area contributed by atoms with Gasteiger partial charge < -0.3 is 10.4 Å². The lowest BCUT2D eigenvalue weighted by molar-refractivity contribution is -0.00948. The van der Waals surface area contributed by atoms with E-state index < -0.39 is 29.5 Å². The maximum Gasteiger partial charge on any atom is 0.350 e. The molecule has 1 amide bonds. The molecule has 3 aromatic carbocycles. The maximum absolute atomic E-state index is 14.7. The molecule has 0 radical (unpaired) electrons. The van der Waals surface area contributed by atoms with Crippen molar-refractivity contribution in [3.8, 4) is 5.69 Å². The van der Waals surface area contributed by atoms with Gasteiger partial charge in [-0.25, -0.2) is 32.5 Å². The first kappa shape index (κ1) is 27.6. The molecule has 1 unspecified atom stereocenters. The molecule has 0 bridgehead atoms. The fraction of sp³-hybridized carbons (Fsp3) is 0.207. The number of amides is 1. The van der Waals surface area contributed by atoms with Crippen LogP contribution in [0.15, 0.2) is 90.5 Å². The highest BCUT2D eigenvalue weighted by Crippen LogP contribution is 2.28. The summed E-state index contributed by atoms with van der Waals surface area (Å²) in [6.07, 6.45) is 3.84. The quantitative estimate of drug-likeness (QED) is 0.283. The zero-order valence-electron chi connectivity index (χ0n) is 22.3. The molecule has 10 nitrogen and oxygen atoms in total. The first-order chi connectivity index (χ1) is 19.6. The fourth-order valence-electron chi connectivity index (χ4n) is 4.47. The van der Waals surface area contributed by atoms with Gasteiger partial charge in [0.1, 0.15) is 36.2 Å². The number of nitrogens with zero attached hydrogens (tertiary/aromatic N) is 6. The number of carbonyl (C=O) groups is 1. The molecule has 0 aliphatic rings. The first-order valence-electron chi connectivity index (χ1n) is 12.8. The van der Waals surface area contributed by atoms with E-state index in [9.17, 15) is 23.5 Å². The lowest BCUT2D eigenvalue weighted by atomic mass is 9.93. The van der Waals surface area contributed by atoms with Gasteiger partial charge in [0.2, 0.25) is 0 Å². The number of aliphatic hydroxyl groups is 1. The molecule has 0 aliphatic carbocycles. The van der Waals surface area contributed by atoms with E-state index in [1.807, 2.05) is 12.1 Å². The largest absolute Gasteiger partial charge is 0.381 e. The molecule has 0 saturated carbocycles. The van der Waals surface area contributed by atoms with E-state index in [0.29, 0.717) is 28.9 Å². The molecule has 5 aromatic rings. The van der Waals surface area contributed by atoms with Crippen molar-refractivity contribution in [2.75, 3.05) is 5.32 Å². The van der Waals surface area contributed by atoms with Gasteiger partial charge in [0.25, 0.3) is 5.91 Å². The van der Waals surface area contributed by atoms with Crippen LogP contribution in [0.3, 0.4) is 0 Å². The number of halogens is 2. The minimum atomic E-state index is -2.02. The summed E-state index contributed by atoms with van der Waals surface area (Å²) in [4.78, 5) is 29.7. The number of benzene rings is 3. The lowest BCUT2D eigenvalue weighted by Crippen LogP contribution is -2.41. The molecule has 0 fully saturated rings. The summed E-state index contributed by atoms with van der Waals surface area (Å²) >= 11 is 0. The Hall–Kier alpha value is -4.97. The molecule has 0 saturated heterocycles. The first-order valence-corrected chi connectivity index (χ1v) is 12.8. The van der Waals surface area contributed by atoms with Crippen LogP contribution in [0.4, 0.5) is 14.5 Å². The smallest absolute Gasteiger partial charge is 0.350 e. The molecule has 2 N–H and O–H groups in total. The average Bonchev–Trinajstić information content (AvgIpc) is 3.58. The van der Waals surface area contributed by atoms with Gasteiger partial charge in [-0.15, -0.1) is 0 Å². The van der Waals surface area contributed by atoms with Crippen LogP contribution in [-0.2, 0) is 18.7 Å². The second-order valence-corrected chi connectivity index (χ2v) is 9.97. The van der Waals surface area contributed by atoms with Crippen molar-refractivity contribution in [3.05, 3.63) is 125 Å². The molecule has 41 heavy (non-hydrogen) atoms. The predicted octanol–water partition coefficient (Wildman–Crippen LogP) is 3.87. The highest BCUT2D eigenvalue weighted by Gasteiger charge is 2.35. The number of rotatable bonds is 9. The number of carbonyl (C=O) groups excluding carboxylic acids is 1. The van der Waals surface area contributed by atoms with E-state index in [-0.39, 0.29) is 18.0 Å². The molecule has 5 rings (SSSR count). The zero-order valence-corrected chi connectivity index (χ0v) is 22.3. The SMILES string of the molecule is CC(C)c1ccc(C(=O)Nc2ccc(-n3cnn(CC(O)(Cn4cncn4)c4ccc(F)cc4F)c3=O)cc2)cc1. The van der Waals surface area contributed by atoms with Gasteiger partial charge >= 0.3 is 5.69 Å². The number of anilines is 1. The minimum Gasteiger partial charge on any atom is -0.381 e. The Morgan fingerprint density at radius 3 is 2.34 bits per heavy atom.